The number of hydrogen-bond acceptors (Lipinski definition) is 4. The third-order valence-electron chi connectivity index (χ3n) is 3.41. The van der Waals surface area contributed by atoms with E-state index in [0.717, 1.165) is 22.3 Å². The fourth-order valence-corrected chi connectivity index (χ4v) is 3.02. The average molecular weight is 298 g/mol. The maximum absolute atomic E-state index is 4.69. The molecule has 0 atom stereocenters. The molecule has 0 spiro atoms. The molecule has 1 aromatic carbocycles. The van der Waals surface area contributed by atoms with Crippen LogP contribution in [0.1, 0.15) is 16.8 Å². The van der Waals surface area contributed by atoms with Crippen LogP contribution in [0, 0.1) is 20.8 Å². The number of thiazole rings is 1. The first kappa shape index (κ1) is 13.8. The van der Waals surface area contributed by atoms with Gasteiger partial charge in [-0.15, -0.1) is 11.3 Å². The molecule has 1 N–H and O–H groups in total. The molecule has 0 radical (unpaired) electrons. The van der Waals surface area contributed by atoms with Crippen molar-refractivity contribution >= 4 is 22.3 Å². The highest BCUT2D eigenvalue weighted by Crippen LogP contribution is 2.29. The van der Waals surface area contributed by atoms with Gasteiger partial charge < -0.3 is 5.32 Å². The number of nitrogens with zero attached hydrogens (tertiary/aromatic N) is 3. The molecule has 2 aromatic heterocycles. The second kappa shape index (κ2) is 5.33. The summed E-state index contributed by atoms with van der Waals surface area (Å²) in [6, 6.07) is 8.46. The molecular formula is C16H18N4S. The summed E-state index contributed by atoms with van der Waals surface area (Å²) in [6.45, 7) is 6.20. The van der Waals surface area contributed by atoms with E-state index in [1.165, 1.54) is 16.7 Å². The van der Waals surface area contributed by atoms with Gasteiger partial charge in [0.25, 0.3) is 0 Å². The van der Waals surface area contributed by atoms with E-state index in [2.05, 4.69) is 47.8 Å². The first-order chi connectivity index (χ1) is 10.0. The molecule has 0 amide bonds. The number of aryl methyl sites for hydroxylation is 4. The number of rotatable bonds is 3. The van der Waals surface area contributed by atoms with Crippen LogP contribution in [0.2, 0.25) is 0 Å². The van der Waals surface area contributed by atoms with E-state index < -0.39 is 0 Å². The molecule has 3 aromatic rings. The Kier molecular flexibility index (Phi) is 3.51. The zero-order valence-electron chi connectivity index (χ0n) is 12.6. The molecule has 0 bridgehead atoms. The van der Waals surface area contributed by atoms with Crippen LogP contribution in [0.15, 0.2) is 29.6 Å². The Labute approximate surface area is 128 Å². The van der Waals surface area contributed by atoms with Crippen LogP contribution < -0.4 is 5.32 Å². The molecule has 2 heterocycles. The van der Waals surface area contributed by atoms with Crippen molar-refractivity contribution in [3.63, 3.8) is 0 Å². The molecule has 4 nitrogen and oxygen atoms in total. The second-order valence-corrected chi connectivity index (χ2v) is 6.13. The Morgan fingerprint density at radius 3 is 2.67 bits per heavy atom. The van der Waals surface area contributed by atoms with E-state index >= 15 is 0 Å². The Balaban J connectivity index is 1.90. The third kappa shape index (κ3) is 2.83. The van der Waals surface area contributed by atoms with Crippen LogP contribution in [0.4, 0.5) is 10.9 Å². The first-order valence-corrected chi connectivity index (χ1v) is 7.72. The fourth-order valence-electron chi connectivity index (χ4n) is 2.30. The number of nitrogens with one attached hydrogen (secondary N) is 1. The standard InChI is InChI=1S/C16H18N4S/c1-10-5-6-11(2)13(7-10)14-9-21-16(17-14)18-15-8-12(3)19-20(15)4/h5-9H,1-4H3,(H,17,18). The van der Waals surface area contributed by atoms with Crippen LogP contribution in [-0.2, 0) is 7.05 Å². The van der Waals surface area contributed by atoms with Gasteiger partial charge >= 0.3 is 0 Å². The lowest BCUT2D eigenvalue weighted by molar-refractivity contribution is 0.765. The smallest absolute Gasteiger partial charge is 0.188 e. The summed E-state index contributed by atoms with van der Waals surface area (Å²) in [4.78, 5) is 4.69. The number of aromatic nitrogens is 3. The lowest BCUT2D eigenvalue weighted by Crippen LogP contribution is -1.98. The van der Waals surface area contributed by atoms with Gasteiger partial charge in [0.05, 0.1) is 11.4 Å². The van der Waals surface area contributed by atoms with E-state index in [4.69, 9.17) is 4.98 Å². The molecule has 21 heavy (non-hydrogen) atoms. The molecule has 3 rings (SSSR count). The predicted octanol–water partition coefficient (Wildman–Crippen LogP) is 4.21. The summed E-state index contributed by atoms with van der Waals surface area (Å²) in [5, 5.41) is 10.6. The summed E-state index contributed by atoms with van der Waals surface area (Å²) in [5.74, 6) is 0.953. The topological polar surface area (TPSA) is 42.7 Å². The normalized spacial score (nSPS) is 10.9. The lowest BCUT2D eigenvalue weighted by atomic mass is 10.0. The number of hydrogen-bond donors (Lipinski definition) is 1. The SMILES string of the molecule is Cc1ccc(C)c(-c2csc(Nc3cc(C)nn3C)n2)c1. The van der Waals surface area contributed by atoms with Gasteiger partial charge in [-0.2, -0.15) is 5.10 Å². The van der Waals surface area contributed by atoms with E-state index in [1.807, 2.05) is 24.7 Å². The van der Waals surface area contributed by atoms with Gasteiger partial charge in [0.2, 0.25) is 0 Å². The molecule has 108 valence electrons. The van der Waals surface area contributed by atoms with Crippen molar-refractivity contribution < 1.29 is 0 Å². The Morgan fingerprint density at radius 1 is 1.14 bits per heavy atom. The minimum atomic E-state index is 0.883. The Hall–Kier alpha value is -2.14. The van der Waals surface area contributed by atoms with Gasteiger partial charge in [0.1, 0.15) is 5.82 Å². The largest absolute Gasteiger partial charge is 0.316 e. The summed E-state index contributed by atoms with van der Waals surface area (Å²) in [5.41, 5.74) is 5.70. The minimum Gasteiger partial charge on any atom is -0.316 e. The van der Waals surface area contributed by atoms with Gasteiger partial charge in [-0.1, -0.05) is 17.7 Å². The maximum Gasteiger partial charge on any atom is 0.188 e. The lowest BCUT2D eigenvalue weighted by Gasteiger charge is -2.04. The summed E-state index contributed by atoms with van der Waals surface area (Å²) < 4.78 is 1.83. The van der Waals surface area contributed by atoms with E-state index in [0.29, 0.717) is 0 Å². The van der Waals surface area contributed by atoms with E-state index in [1.54, 1.807) is 11.3 Å². The molecule has 0 saturated carbocycles. The zero-order valence-corrected chi connectivity index (χ0v) is 13.5. The maximum atomic E-state index is 4.69. The van der Waals surface area contributed by atoms with E-state index in [9.17, 15) is 0 Å². The molecular weight excluding hydrogens is 280 g/mol. The average Bonchev–Trinajstić information content (AvgIpc) is 3.00. The first-order valence-electron chi connectivity index (χ1n) is 6.84. The summed E-state index contributed by atoms with van der Waals surface area (Å²) in [7, 11) is 1.93. The van der Waals surface area contributed by atoms with Crippen LogP contribution in [0.25, 0.3) is 11.3 Å². The zero-order chi connectivity index (χ0) is 15.0. The quantitative estimate of drug-likeness (QED) is 0.787. The fraction of sp³-hybridized carbons (Fsp3) is 0.250. The van der Waals surface area contributed by atoms with Crippen LogP contribution in [0.5, 0.6) is 0 Å². The van der Waals surface area contributed by atoms with Gasteiger partial charge in [0, 0.05) is 24.1 Å². The summed E-state index contributed by atoms with van der Waals surface area (Å²) in [6.07, 6.45) is 0. The van der Waals surface area contributed by atoms with Crippen LogP contribution in [0.3, 0.4) is 0 Å². The van der Waals surface area contributed by atoms with Crippen molar-refractivity contribution in [2.45, 2.75) is 20.8 Å². The van der Waals surface area contributed by atoms with Crippen molar-refractivity contribution in [3.05, 3.63) is 46.5 Å². The molecule has 0 unspecified atom stereocenters. The number of benzene rings is 1. The van der Waals surface area contributed by atoms with Crippen LogP contribution in [-0.4, -0.2) is 14.8 Å². The highest BCUT2D eigenvalue weighted by atomic mass is 32.1. The van der Waals surface area contributed by atoms with Gasteiger partial charge in [0.15, 0.2) is 5.13 Å². The molecule has 5 heteroatoms. The predicted molar refractivity (Wildman–Crippen MR) is 88.3 cm³/mol. The van der Waals surface area contributed by atoms with E-state index in [-0.39, 0.29) is 0 Å². The van der Waals surface area contributed by atoms with Crippen molar-refractivity contribution in [3.8, 4) is 11.3 Å². The highest BCUT2D eigenvalue weighted by molar-refractivity contribution is 7.14. The van der Waals surface area contributed by atoms with Gasteiger partial charge in [-0.3, -0.25) is 4.68 Å². The molecule has 0 aliphatic carbocycles. The van der Waals surface area contributed by atoms with Crippen molar-refractivity contribution in [1.82, 2.24) is 14.8 Å². The number of anilines is 2. The van der Waals surface area contributed by atoms with Gasteiger partial charge in [-0.25, -0.2) is 4.98 Å². The molecule has 0 saturated heterocycles. The van der Waals surface area contributed by atoms with Crippen LogP contribution >= 0.6 is 11.3 Å². The third-order valence-corrected chi connectivity index (χ3v) is 4.17. The Morgan fingerprint density at radius 2 is 1.95 bits per heavy atom. The molecule has 0 aliphatic rings. The minimum absolute atomic E-state index is 0.883. The van der Waals surface area contributed by atoms with Gasteiger partial charge in [-0.05, 0) is 32.4 Å². The second-order valence-electron chi connectivity index (χ2n) is 5.28. The Bertz CT molecular complexity index is 785. The summed E-state index contributed by atoms with van der Waals surface area (Å²) >= 11 is 1.61. The molecule has 0 aliphatic heterocycles. The van der Waals surface area contributed by atoms with Crippen molar-refractivity contribution in [2.24, 2.45) is 7.05 Å². The van der Waals surface area contributed by atoms with Crippen molar-refractivity contribution in [2.75, 3.05) is 5.32 Å². The van der Waals surface area contributed by atoms with Crippen molar-refractivity contribution in [1.29, 1.82) is 0 Å². The molecule has 0 fully saturated rings. The highest BCUT2D eigenvalue weighted by Gasteiger charge is 2.09. The monoisotopic (exact) mass is 298 g/mol.